The van der Waals surface area contributed by atoms with Gasteiger partial charge in [0.2, 0.25) is 0 Å². The molecule has 0 saturated heterocycles. The minimum Gasteiger partial charge on any atom is -1.00 e. The fourth-order valence-corrected chi connectivity index (χ4v) is 0. The summed E-state index contributed by atoms with van der Waals surface area (Å²) in [6.45, 7) is 6.00. The van der Waals surface area contributed by atoms with Crippen LogP contribution in [0, 0.1) is 0 Å². The minimum atomic E-state index is 0. The fraction of sp³-hybridized carbons (Fsp3) is 0. The molecule has 4 heavy (non-hydrogen) atoms. The lowest BCUT2D eigenvalue weighted by molar-refractivity contribution is -0.000000942. The van der Waals surface area contributed by atoms with Crippen LogP contribution in [0.4, 0.5) is 0 Å². The van der Waals surface area contributed by atoms with Crippen molar-refractivity contribution in [2.24, 2.45) is 0 Å². The van der Waals surface area contributed by atoms with Crippen LogP contribution in [-0.4, -0.2) is 0 Å². The maximum absolute atomic E-state index is 3.00. The third-order valence-electron chi connectivity index (χ3n) is 0. The largest absolute Gasteiger partial charge is 1.00 e. The van der Waals surface area contributed by atoms with Gasteiger partial charge in [0, 0.05) is 0 Å². The zero-order valence-electron chi connectivity index (χ0n) is 2.79. The summed E-state index contributed by atoms with van der Waals surface area (Å²) in [4.78, 5) is 0. The summed E-state index contributed by atoms with van der Waals surface area (Å²) in [5.74, 6) is 0. The summed E-state index contributed by atoms with van der Waals surface area (Å²) < 4.78 is 0. The summed E-state index contributed by atoms with van der Waals surface area (Å²) >= 11 is 0. The molecule has 0 unspecified atom stereocenters. The van der Waals surface area contributed by atoms with E-state index in [4.69, 9.17) is 0 Å². The molecule has 0 radical (unpaired) electrons. The molecule has 0 aromatic carbocycles. The van der Waals surface area contributed by atoms with Crippen molar-refractivity contribution in [1.82, 2.24) is 6.15 Å². The topological polar surface area (TPSA) is 36.5 Å². The molecule has 0 rings (SSSR count). The van der Waals surface area contributed by atoms with E-state index >= 15 is 0 Å². The van der Waals surface area contributed by atoms with Crippen LogP contribution in [0.3, 0.4) is 0 Å². The highest BCUT2D eigenvalue weighted by atomic mass is 79.9. The van der Waals surface area contributed by atoms with Crippen molar-refractivity contribution >= 4 is 0 Å². The number of hydrogen-bond acceptors (Lipinski definition) is 0. The van der Waals surface area contributed by atoms with Gasteiger partial charge in [0.1, 0.15) is 0 Å². The Kier molecular flexibility index (Phi) is 3540. The van der Waals surface area contributed by atoms with Crippen LogP contribution in [0.2, 0.25) is 0 Å². The molecule has 2 heteroatoms. The van der Waals surface area contributed by atoms with Gasteiger partial charge in [-0.05, 0) is 0 Å². The van der Waals surface area contributed by atoms with E-state index in [0.29, 0.717) is 0 Å². The molecule has 0 aliphatic carbocycles. The second kappa shape index (κ2) is 466. The van der Waals surface area contributed by atoms with Crippen molar-refractivity contribution in [3.8, 4) is 0 Å². The van der Waals surface area contributed by atoms with E-state index in [-0.39, 0.29) is 23.1 Å². The van der Waals surface area contributed by atoms with E-state index < -0.39 is 0 Å². The molecular formula is C2H8BrN. The maximum Gasteiger partial charge on any atom is -0.106 e. The van der Waals surface area contributed by atoms with Crippen LogP contribution in [0.25, 0.3) is 0 Å². The first-order chi connectivity index (χ1) is 1.00. The molecular weight excluding hydrogens is 118 g/mol. The number of hydrogen-bond donors (Lipinski definition) is 1. The minimum absolute atomic E-state index is 0. The van der Waals surface area contributed by atoms with Gasteiger partial charge in [-0.2, -0.15) is 0 Å². The monoisotopic (exact) mass is 125 g/mol. The molecule has 4 N–H and O–H groups in total. The van der Waals surface area contributed by atoms with Crippen LogP contribution >= 0.6 is 0 Å². The quantitative estimate of drug-likeness (QED) is 0.371. The second-order valence-electron chi connectivity index (χ2n) is 0. The molecule has 0 amide bonds. The average molecular weight is 126 g/mol. The molecule has 0 aliphatic rings. The highest BCUT2D eigenvalue weighted by molar-refractivity contribution is 4.22. The molecule has 0 heterocycles. The predicted molar refractivity (Wildman–Crippen MR) is 17.2 cm³/mol. The van der Waals surface area contributed by atoms with Gasteiger partial charge in [0.15, 0.2) is 0 Å². The Balaban J connectivity index is -0.00000000500. The fourth-order valence-electron chi connectivity index (χ4n) is 0. The van der Waals surface area contributed by atoms with E-state index in [2.05, 4.69) is 13.2 Å². The molecule has 0 aliphatic heterocycles. The van der Waals surface area contributed by atoms with Gasteiger partial charge in [0.25, 0.3) is 0 Å². The van der Waals surface area contributed by atoms with Crippen molar-refractivity contribution < 1.29 is 17.0 Å². The molecule has 28 valence electrons. The van der Waals surface area contributed by atoms with E-state index in [1.807, 2.05) is 0 Å². The lowest BCUT2D eigenvalue weighted by atomic mass is 11.3. The second-order valence-corrected chi connectivity index (χ2v) is 0. The Morgan fingerprint density at radius 1 is 1.00 bits per heavy atom. The van der Waals surface area contributed by atoms with Crippen LogP contribution in [0.1, 0.15) is 0 Å². The van der Waals surface area contributed by atoms with Gasteiger partial charge >= 0.3 is 0 Å². The van der Waals surface area contributed by atoms with E-state index in [9.17, 15) is 0 Å². The summed E-state index contributed by atoms with van der Waals surface area (Å²) in [6, 6.07) is 0. The molecule has 0 fully saturated rings. The van der Waals surface area contributed by atoms with Gasteiger partial charge < -0.3 is 23.1 Å². The average Bonchev–Trinajstić information content (AvgIpc) is 1.00. The van der Waals surface area contributed by atoms with Crippen LogP contribution in [0.5, 0.6) is 0 Å². The maximum atomic E-state index is 3.00. The molecule has 0 aromatic rings. The van der Waals surface area contributed by atoms with Crippen molar-refractivity contribution in [1.29, 1.82) is 0 Å². The van der Waals surface area contributed by atoms with Gasteiger partial charge in [0.05, 0.1) is 0 Å². The van der Waals surface area contributed by atoms with Crippen molar-refractivity contribution in [3.05, 3.63) is 13.2 Å². The first-order valence-corrected chi connectivity index (χ1v) is 0.500. The summed E-state index contributed by atoms with van der Waals surface area (Å²) in [7, 11) is 0. The standard InChI is InChI=1S/C2H4.BrH.H3N/c1-2;;/h1-2H2;1H;1H3. The SMILES string of the molecule is C=C.[Br-].[NH4+]. The lowest BCUT2D eigenvalue weighted by Gasteiger charge is -1.00. The summed E-state index contributed by atoms with van der Waals surface area (Å²) in [5, 5.41) is 0. The first kappa shape index (κ1) is 30.4. The predicted octanol–water partition coefficient (Wildman–Crippen LogP) is -1.82. The lowest BCUT2D eigenvalue weighted by Crippen LogP contribution is -3.00. The smallest absolute Gasteiger partial charge is 0.106 e. The third-order valence-corrected chi connectivity index (χ3v) is 0. The third kappa shape index (κ3) is 93.7. The Morgan fingerprint density at radius 3 is 1.00 bits per heavy atom. The normalized spacial score (nSPS) is 1.00. The summed E-state index contributed by atoms with van der Waals surface area (Å²) in [6.07, 6.45) is 0. The number of halogens is 1. The van der Waals surface area contributed by atoms with Gasteiger partial charge in [-0.15, -0.1) is 13.2 Å². The van der Waals surface area contributed by atoms with Crippen LogP contribution < -0.4 is 23.1 Å². The molecule has 0 bridgehead atoms. The van der Waals surface area contributed by atoms with Gasteiger partial charge in [-0.1, -0.05) is 0 Å². The highest BCUT2D eigenvalue weighted by Crippen LogP contribution is 0.862. The molecule has 0 aromatic heterocycles. The number of rotatable bonds is 0. The van der Waals surface area contributed by atoms with Crippen molar-refractivity contribution in [2.75, 3.05) is 0 Å². The van der Waals surface area contributed by atoms with Crippen LogP contribution in [-0.2, 0) is 0 Å². The van der Waals surface area contributed by atoms with Gasteiger partial charge in [-0.25, -0.2) is 0 Å². The molecule has 0 spiro atoms. The Morgan fingerprint density at radius 2 is 1.00 bits per heavy atom. The first-order valence-electron chi connectivity index (χ1n) is 0.500. The van der Waals surface area contributed by atoms with Crippen molar-refractivity contribution in [3.63, 3.8) is 0 Å². The number of quaternary nitrogens is 1. The molecule has 0 saturated carbocycles. The van der Waals surface area contributed by atoms with E-state index in [0.717, 1.165) is 0 Å². The Bertz CT molecular complexity index is 6.00. The van der Waals surface area contributed by atoms with Crippen molar-refractivity contribution in [2.45, 2.75) is 0 Å². The van der Waals surface area contributed by atoms with E-state index in [1.54, 1.807) is 0 Å². The zero-order chi connectivity index (χ0) is 2.00. The molecule has 1 nitrogen and oxygen atoms in total. The summed E-state index contributed by atoms with van der Waals surface area (Å²) in [5.41, 5.74) is 0. The highest BCUT2D eigenvalue weighted by Gasteiger charge is 0.601. The van der Waals surface area contributed by atoms with Gasteiger partial charge in [-0.3, -0.25) is 0 Å². The van der Waals surface area contributed by atoms with E-state index in [1.165, 1.54) is 0 Å². The molecule has 0 atom stereocenters. The van der Waals surface area contributed by atoms with Crippen LogP contribution in [0.15, 0.2) is 13.2 Å². The Hall–Kier alpha value is 0.180. The Labute approximate surface area is 37.1 Å². The zero-order valence-corrected chi connectivity index (χ0v) is 4.38.